The number of carbonyl (C=O) groups excluding carboxylic acids is 1. The maximum atomic E-state index is 10.1. The van der Waals surface area contributed by atoms with Gasteiger partial charge in [-0.1, -0.05) is 5.22 Å². The van der Waals surface area contributed by atoms with E-state index in [9.17, 15) is 4.79 Å². The van der Waals surface area contributed by atoms with E-state index in [-0.39, 0.29) is 5.84 Å². The topological polar surface area (TPSA) is 77.7 Å². The molecule has 0 saturated heterocycles. The van der Waals surface area contributed by atoms with Crippen molar-refractivity contribution in [2.75, 3.05) is 0 Å². The smallest absolute Gasteiger partial charge is 0.276 e. The fourth-order valence-electron chi connectivity index (χ4n) is 0.219. The van der Waals surface area contributed by atoms with Gasteiger partial charge in [-0.05, 0) is 0 Å². The zero-order chi connectivity index (χ0) is 5.28. The number of hydrogen-bond acceptors (Lipinski definition) is 3. The Balaban J connectivity index is 2.81. The highest BCUT2D eigenvalue weighted by atomic mass is 16.2. The summed E-state index contributed by atoms with van der Waals surface area (Å²) in [6, 6.07) is 0. The third-order valence-electron chi connectivity index (χ3n) is 0.517. The molecule has 5 nitrogen and oxygen atoms in total. The first-order valence-electron chi connectivity index (χ1n) is 1.60. The molecule has 5 heteroatoms. The zero-order valence-corrected chi connectivity index (χ0v) is 3.30. The summed E-state index contributed by atoms with van der Waals surface area (Å²) >= 11 is 0. The van der Waals surface area contributed by atoms with Gasteiger partial charge in [0, 0.05) is 0 Å². The first kappa shape index (κ1) is 3.91. The van der Waals surface area contributed by atoms with Gasteiger partial charge in [-0.2, -0.15) is 0 Å². The summed E-state index contributed by atoms with van der Waals surface area (Å²) in [6.07, 6.45) is 0. The van der Waals surface area contributed by atoms with Crippen LogP contribution < -0.4 is 5.43 Å². The lowest BCUT2D eigenvalue weighted by molar-refractivity contribution is -0.114. The number of nitrogens with one attached hydrogen (secondary N) is 2. The van der Waals surface area contributed by atoms with Gasteiger partial charge < -0.3 is 0 Å². The quantitative estimate of drug-likeness (QED) is 0.419. The minimum atomic E-state index is -0.542. The summed E-state index contributed by atoms with van der Waals surface area (Å²) in [4.78, 5) is 10.1. The second-order valence-corrected chi connectivity index (χ2v) is 0.990. The normalized spacial score (nSPS) is 17.7. The summed E-state index contributed by atoms with van der Waals surface area (Å²) in [6.45, 7) is 0. The van der Waals surface area contributed by atoms with E-state index in [4.69, 9.17) is 5.41 Å². The maximum Gasteiger partial charge on any atom is 0.311 e. The molecule has 0 bridgehead atoms. The van der Waals surface area contributed by atoms with E-state index >= 15 is 0 Å². The van der Waals surface area contributed by atoms with Gasteiger partial charge in [0.1, 0.15) is 0 Å². The molecule has 0 atom stereocenters. The minimum Gasteiger partial charge on any atom is -0.276 e. The zero-order valence-electron chi connectivity index (χ0n) is 3.30. The molecule has 1 aliphatic rings. The van der Waals surface area contributed by atoms with Gasteiger partial charge in [-0.25, -0.2) is 5.43 Å². The number of amides is 1. The van der Waals surface area contributed by atoms with Crippen LogP contribution in [0.2, 0.25) is 0 Å². The summed E-state index contributed by atoms with van der Waals surface area (Å²) in [5, 5.41) is 12.7. The number of rotatable bonds is 0. The van der Waals surface area contributed by atoms with E-state index in [0.717, 1.165) is 0 Å². The Hall–Kier alpha value is -1.26. The Morgan fingerprint density at radius 2 is 2.43 bits per heavy atom. The summed E-state index contributed by atoms with van der Waals surface area (Å²) in [5.41, 5.74) is 1.96. The molecule has 36 valence electrons. The fraction of sp³-hybridized carbons (Fsp3) is 0. The molecule has 0 fully saturated rings. The van der Waals surface area contributed by atoms with Crippen molar-refractivity contribution >= 4 is 11.7 Å². The maximum absolute atomic E-state index is 10.1. The molecule has 0 aromatic carbocycles. The molecule has 0 unspecified atom stereocenters. The molecule has 7 heavy (non-hydrogen) atoms. The highest BCUT2D eigenvalue weighted by Gasteiger charge is 2.11. The first-order valence-corrected chi connectivity index (χ1v) is 1.60. The lowest BCUT2D eigenvalue weighted by Gasteiger charge is -1.75. The standard InChI is InChI=1S/C2H2N4O/c3-1-2(7)5-6-4-1/h(H2,3,4,5,7). The highest BCUT2D eigenvalue weighted by molar-refractivity contribution is 6.37. The van der Waals surface area contributed by atoms with Crippen LogP contribution in [0.5, 0.6) is 0 Å². The molecule has 0 aliphatic carbocycles. The average molecular weight is 98.1 g/mol. The molecular weight excluding hydrogens is 96.0 g/mol. The Kier molecular flexibility index (Phi) is 0.619. The lowest BCUT2D eigenvalue weighted by Crippen LogP contribution is -2.16. The van der Waals surface area contributed by atoms with Crippen molar-refractivity contribution in [1.29, 1.82) is 5.41 Å². The Morgan fingerprint density at radius 3 is 2.57 bits per heavy atom. The molecule has 1 amide bonds. The third-order valence-corrected chi connectivity index (χ3v) is 0.517. The van der Waals surface area contributed by atoms with Crippen molar-refractivity contribution in [1.82, 2.24) is 5.43 Å². The van der Waals surface area contributed by atoms with Gasteiger partial charge in [0.15, 0.2) is 0 Å². The third kappa shape index (κ3) is 0.466. The van der Waals surface area contributed by atoms with Crippen molar-refractivity contribution in [3.8, 4) is 0 Å². The van der Waals surface area contributed by atoms with Crippen LogP contribution in [0.3, 0.4) is 0 Å². The predicted molar refractivity (Wildman–Crippen MR) is 20.7 cm³/mol. The lowest BCUT2D eigenvalue weighted by atomic mass is 10.6. The predicted octanol–water partition coefficient (Wildman–Crippen LogP) is -0.539. The summed E-state index contributed by atoms with van der Waals surface area (Å²) < 4.78 is 0. The van der Waals surface area contributed by atoms with Crippen LogP contribution in [0.15, 0.2) is 10.3 Å². The van der Waals surface area contributed by atoms with Crippen molar-refractivity contribution in [3.05, 3.63) is 0 Å². The van der Waals surface area contributed by atoms with Crippen LogP contribution in [0.4, 0.5) is 0 Å². The molecule has 0 aromatic heterocycles. The second-order valence-electron chi connectivity index (χ2n) is 0.990. The van der Waals surface area contributed by atoms with E-state index < -0.39 is 5.91 Å². The number of hydrogen-bond donors (Lipinski definition) is 2. The average Bonchev–Trinajstić information content (AvgIpc) is 1.91. The van der Waals surface area contributed by atoms with Crippen molar-refractivity contribution < 1.29 is 4.79 Å². The number of carbonyl (C=O) groups is 1. The first-order chi connectivity index (χ1) is 3.30. The van der Waals surface area contributed by atoms with E-state index in [1.165, 1.54) is 0 Å². The van der Waals surface area contributed by atoms with E-state index in [1.807, 2.05) is 5.43 Å². The van der Waals surface area contributed by atoms with Gasteiger partial charge in [-0.3, -0.25) is 10.2 Å². The molecule has 1 aliphatic heterocycles. The molecule has 0 aromatic rings. The number of nitrogens with zero attached hydrogens (tertiary/aromatic N) is 2. The van der Waals surface area contributed by atoms with E-state index in [2.05, 4.69) is 10.3 Å². The van der Waals surface area contributed by atoms with Crippen molar-refractivity contribution in [2.45, 2.75) is 0 Å². The minimum absolute atomic E-state index is 0.333. The Bertz CT molecular complexity index is 148. The van der Waals surface area contributed by atoms with Gasteiger partial charge in [-0.15, -0.1) is 5.11 Å². The second kappa shape index (κ2) is 1.11. The van der Waals surface area contributed by atoms with E-state index in [0.29, 0.717) is 0 Å². The molecule has 1 heterocycles. The van der Waals surface area contributed by atoms with Crippen LogP contribution in [0, 0.1) is 5.41 Å². The van der Waals surface area contributed by atoms with E-state index in [1.54, 1.807) is 0 Å². The van der Waals surface area contributed by atoms with Crippen molar-refractivity contribution in [3.63, 3.8) is 0 Å². The molecular formula is C2H2N4O. The SMILES string of the molecule is N=C1N=NNC1=O. The fourth-order valence-corrected chi connectivity index (χ4v) is 0.219. The van der Waals surface area contributed by atoms with Crippen LogP contribution in [0.25, 0.3) is 0 Å². The Labute approximate surface area is 38.9 Å². The van der Waals surface area contributed by atoms with Crippen LogP contribution in [-0.2, 0) is 4.79 Å². The number of amidine groups is 1. The van der Waals surface area contributed by atoms with Crippen molar-refractivity contribution in [2.24, 2.45) is 10.3 Å². The van der Waals surface area contributed by atoms with Crippen LogP contribution in [0.1, 0.15) is 0 Å². The van der Waals surface area contributed by atoms with Crippen LogP contribution in [-0.4, -0.2) is 11.7 Å². The Morgan fingerprint density at radius 1 is 1.71 bits per heavy atom. The summed E-state index contributed by atoms with van der Waals surface area (Å²) in [5.74, 6) is -0.875. The monoisotopic (exact) mass is 98.0 g/mol. The van der Waals surface area contributed by atoms with Crippen LogP contribution >= 0.6 is 0 Å². The summed E-state index contributed by atoms with van der Waals surface area (Å²) in [7, 11) is 0. The molecule has 0 radical (unpaired) electrons. The molecule has 2 N–H and O–H groups in total. The van der Waals surface area contributed by atoms with Gasteiger partial charge in [0.2, 0.25) is 5.84 Å². The molecule has 0 spiro atoms. The molecule has 1 rings (SSSR count). The van der Waals surface area contributed by atoms with Gasteiger partial charge in [0.05, 0.1) is 0 Å². The van der Waals surface area contributed by atoms with Gasteiger partial charge >= 0.3 is 5.91 Å². The molecule has 0 saturated carbocycles. The largest absolute Gasteiger partial charge is 0.311 e. The van der Waals surface area contributed by atoms with Gasteiger partial charge in [0.25, 0.3) is 0 Å². The highest BCUT2D eigenvalue weighted by Crippen LogP contribution is 1.84.